The molecule has 0 aliphatic rings. The van der Waals surface area contributed by atoms with Gasteiger partial charge in [0.15, 0.2) is 28.3 Å². The molecule has 2 aromatic carbocycles. The number of nitrogens with one attached hydrogen (secondary N) is 1. The Hall–Kier alpha value is -3.37. The van der Waals surface area contributed by atoms with Gasteiger partial charge in [0, 0.05) is 21.9 Å². The number of aromatic nitrogens is 2. The molecule has 0 radical (unpaired) electrons. The fourth-order valence-corrected chi connectivity index (χ4v) is 4.27. The highest BCUT2D eigenvalue weighted by molar-refractivity contribution is 7.14. The van der Waals surface area contributed by atoms with Crippen molar-refractivity contribution < 1.29 is 23.0 Å². The van der Waals surface area contributed by atoms with E-state index < -0.39 is 17.5 Å². The molecule has 0 aliphatic heterocycles. The van der Waals surface area contributed by atoms with E-state index >= 15 is 0 Å². The van der Waals surface area contributed by atoms with Crippen LogP contribution in [0.15, 0.2) is 47.2 Å². The minimum atomic E-state index is -0.957. The van der Waals surface area contributed by atoms with Crippen molar-refractivity contribution in [2.45, 2.75) is 0 Å². The topological polar surface area (TPSA) is 73.3 Å². The summed E-state index contributed by atoms with van der Waals surface area (Å²) in [4.78, 5) is 21.2. The van der Waals surface area contributed by atoms with Gasteiger partial charge in [-0.1, -0.05) is 0 Å². The number of nitrogens with zero attached hydrogens (tertiary/aromatic N) is 2. The summed E-state index contributed by atoms with van der Waals surface area (Å²) in [6.45, 7) is 0. The molecule has 4 aromatic rings. The maximum absolute atomic E-state index is 13.4. The first-order chi connectivity index (χ1) is 15.0. The Bertz CT molecular complexity index is 1260. The summed E-state index contributed by atoms with van der Waals surface area (Å²) in [5.41, 5.74) is 1.87. The molecular formula is C21H15F2N3O3S2. The maximum atomic E-state index is 13.4. The summed E-state index contributed by atoms with van der Waals surface area (Å²) in [7, 11) is 3.10. The quantitative estimate of drug-likeness (QED) is 0.413. The van der Waals surface area contributed by atoms with Crippen LogP contribution in [0, 0.1) is 11.6 Å². The van der Waals surface area contributed by atoms with E-state index in [0.717, 1.165) is 17.7 Å². The van der Waals surface area contributed by atoms with Gasteiger partial charge in [0.1, 0.15) is 10.7 Å². The molecule has 0 bridgehead atoms. The van der Waals surface area contributed by atoms with E-state index in [9.17, 15) is 13.6 Å². The second-order valence-corrected chi connectivity index (χ2v) is 7.94. The molecule has 0 saturated carbocycles. The molecule has 0 spiro atoms. The van der Waals surface area contributed by atoms with Gasteiger partial charge in [-0.25, -0.2) is 18.7 Å². The molecule has 2 aromatic heterocycles. The van der Waals surface area contributed by atoms with E-state index in [-0.39, 0.29) is 5.69 Å². The van der Waals surface area contributed by atoms with Gasteiger partial charge in [-0.2, -0.15) is 0 Å². The SMILES string of the molecule is COc1ccc(-c2nc(C(=O)Nc3nc(-c4ccc(F)c(F)c4)cs3)cs2)cc1OC. The van der Waals surface area contributed by atoms with Crippen LogP contribution in [0.4, 0.5) is 13.9 Å². The van der Waals surface area contributed by atoms with Crippen molar-refractivity contribution in [3.63, 3.8) is 0 Å². The average Bonchev–Trinajstić information content (AvgIpc) is 3.45. The zero-order valence-corrected chi connectivity index (χ0v) is 17.9. The van der Waals surface area contributed by atoms with Crippen LogP contribution >= 0.6 is 22.7 Å². The van der Waals surface area contributed by atoms with Gasteiger partial charge in [0.05, 0.1) is 19.9 Å². The van der Waals surface area contributed by atoms with E-state index in [1.807, 2.05) is 6.07 Å². The number of carbonyl (C=O) groups excluding carboxylic acids is 1. The third kappa shape index (κ3) is 4.39. The van der Waals surface area contributed by atoms with Crippen molar-refractivity contribution in [3.8, 4) is 33.3 Å². The number of amides is 1. The van der Waals surface area contributed by atoms with Crippen molar-refractivity contribution in [2.75, 3.05) is 19.5 Å². The summed E-state index contributed by atoms with van der Waals surface area (Å²) in [6.07, 6.45) is 0. The van der Waals surface area contributed by atoms with Crippen molar-refractivity contribution in [1.82, 2.24) is 9.97 Å². The molecule has 31 heavy (non-hydrogen) atoms. The second kappa shape index (κ2) is 8.78. The van der Waals surface area contributed by atoms with Gasteiger partial charge >= 0.3 is 0 Å². The Labute approximate surface area is 184 Å². The Balaban J connectivity index is 1.50. The Morgan fingerprint density at radius 2 is 1.68 bits per heavy atom. The normalized spacial score (nSPS) is 10.7. The minimum Gasteiger partial charge on any atom is -0.493 e. The van der Waals surface area contributed by atoms with Gasteiger partial charge < -0.3 is 9.47 Å². The number of hydrogen-bond acceptors (Lipinski definition) is 7. The summed E-state index contributed by atoms with van der Waals surface area (Å²) in [5, 5.41) is 6.95. The zero-order chi connectivity index (χ0) is 22.0. The monoisotopic (exact) mass is 459 g/mol. The second-order valence-electron chi connectivity index (χ2n) is 6.23. The van der Waals surface area contributed by atoms with Crippen LogP contribution in [-0.4, -0.2) is 30.1 Å². The lowest BCUT2D eigenvalue weighted by Crippen LogP contribution is -2.12. The van der Waals surface area contributed by atoms with Crippen molar-refractivity contribution in [2.24, 2.45) is 0 Å². The van der Waals surface area contributed by atoms with E-state index in [1.54, 1.807) is 37.1 Å². The number of halogens is 2. The molecule has 0 unspecified atom stereocenters. The van der Waals surface area contributed by atoms with E-state index in [1.165, 1.54) is 28.7 Å². The molecule has 4 rings (SSSR count). The number of hydrogen-bond donors (Lipinski definition) is 1. The molecule has 0 aliphatic carbocycles. The third-order valence-electron chi connectivity index (χ3n) is 4.31. The van der Waals surface area contributed by atoms with Gasteiger partial charge in [-0.3, -0.25) is 10.1 Å². The first-order valence-electron chi connectivity index (χ1n) is 8.88. The summed E-state index contributed by atoms with van der Waals surface area (Å²) >= 11 is 2.49. The number of benzene rings is 2. The number of ether oxygens (including phenoxy) is 2. The molecular weight excluding hydrogens is 444 g/mol. The third-order valence-corrected chi connectivity index (χ3v) is 5.96. The zero-order valence-electron chi connectivity index (χ0n) is 16.3. The van der Waals surface area contributed by atoms with E-state index in [0.29, 0.717) is 32.9 Å². The van der Waals surface area contributed by atoms with Crippen molar-refractivity contribution >= 4 is 33.7 Å². The lowest BCUT2D eigenvalue weighted by atomic mass is 10.2. The van der Waals surface area contributed by atoms with Gasteiger partial charge in [0.25, 0.3) is 5.91 Å². The summed E-state index contributed by atoms with van der Waals surface area (Å²) in [5.74, 6) is -1.15. The summed E-state index contributed by atoms with van der Waals surface area (Å²) in [6, 6.07) is 8.91. The highest BCUT2D eigenvalue weighted by Gasteiger charge is 2.16. The van der Waals surface area contributed by atoms with Crippen molar-refractivity contribution in [3.05, 3.63) is 64.5 Å². The van der Waals surface area contributed by atoms with Gasteiger partial charge in [0.2, 0.25) is 0 Å². The number of anilines is 1. The highest BCUT2D eigenvalue weighted by atomic mass is 32.1. The fourth-order valence-electron chi connectivity index (χ4n) is 2.76. The lowest BCUT2D eigenvalue weighted by Gasteiger charge is -2.08. The summed E-state index contributed by atoms with van der Waals surface area (Å²) < 4.78 is 37.1. The first kappa shape index (κ1) is 20.9. The Morgan fingerprint density at radius 3 is 2.42 bits per heavy atom. The predicted octanol–water partition coefficient (Wildman–Crippen LogP) is 5.48. The van der Waals surface area contributed by atoms with E-state index in [4.69, 9.17) is 9.47 Å². The standard InChI is InChI=1S/C21H15F2N3O3S2/c1-28-17-6-4-12(8-18(17)29-2)20-24-16(10-30-20)19(27)26-21-25-15(9-31-21)11-3-5-13(22)14(23)7-11/h3-10H,1-2H3,(H,25,26,27). The first-order valence-corrected chi connectivity index (χ1v) is 10.6. The van der Waals surface area contributed by atoms with Crippen LogP contribution in [0.1, 0.15) is 10.5 Å². The van der Waals surface area contributed by atoms with Crippen LogP contribution in [-0.2, 0) is 0 Å². The Morgan fingerprint density at radius 1 is 0.903 bits per heavy atom. The van der Waals surface area contributed by atoms with E-state index in [2.05, 4.69) is 15.3 Å². The predicted molar refractivity (Wildman–Crippen MR) is 116 cm³/mol. The van der Waals surface area contributed by atoms with Crippen LogP contribution < -0.4 is 14.8 Å². The molecule has 1 N–H and O–H groups in total. The molecule has 0 fully saturated rings. The van der Waals surface area contributed by atoms with Crippen LogP contribution in [0.2, 0.25) is 0 Å². The van der Waals surface area contributed by atoms with Gasteiger partial charge in [-0.15, -0.1) is 22.7 Å². The fraction of sp³-hybridized carbons (Fsp3) is 0.0952. The molecule has 1 amide bonds. The van der Waals surface area contributed by atoms with Crippen LogP contribution in [0.25, 0.3) is 21.8 Å². The lowest BCUT2D eigenvalue weighted by molar-refractivity contribution is 0.102. The molecule has 10 heteroatoms. The largest absolute Gasteiger partial charge is 0.493 e. The van der Waals surface area contributed by atoms with Crippen LogP contribution in [0.5, 0.6) is 11.5 Å². The molecule has 2 heterocycles. The molecule has 0 atom stereocenters. The maximum Gasteiger partial charge on any atom is 0.276 e. The van der Waals surface area contributed by atoms with Crippen molar-refractivity contribution in [1.29, 1.82) is 0 Å². The number of thiazole rings is 2. The highest BCUT2D eigenvalue weighted by Crippen LogP contribution is 2.34. The number of methoxy groups -OCH3 is 2. The average molecular weight is 459 g/mol. The van der Waals surface area contributed by atoms with Crippen LogP contribution in [0.3, 0.4) is 0 Å². The molecule has 0 saturated heterocycles. The van der Waals surface area contributed by atoms with Gasteiger partial charge in [-0.05, 0) is 36.4 Å². The number of carbonyl (C=O) groups is 1. The molecule has 6 nitrogen and oxygen atoms in total. The smallest absolute Gasteiger partial charge is 0.276 e. The minimum absolute atomic E-state index is 0.236. The number of rotatable bonds is 6. The molecule has 158 valence electrons. The Kier molecular flexibility index (Phi) is 5.92.